The van der Waals surface area contributed by atoms with E-state index in [2.05, 4.69) is 10.6 Å². The summed E-state index contributed by atoms with van der Waals surface area (Å²) < 4.78 is 5.37. The third kappa shape index (κ3) is 3.11. The first-order valence-electron chi connectivity index (χ1n) is 7.48. The number of halogens is 1. The SMILES string of the molecule is COc1cc(Cl)c(C)cc1NC(=S)N[C@H]1C[C@@H]2CC[C@@H]1C2. The normalized spacial score (nSPS) is 26.7. The van der Waals surface area contributed by atoms with E-state index in [9.17, 15) is 0 Å². The van der Waals surface area contributed by atoms with E-state index in [-0.39, 0.29) is 0 Å². The standard InChI is InChI=1S/C16H21ClN2OS/c1-9-5-14(15(20-2)8-12(9)17)19-16(21)18-13-7-10-3-4-11(13)6-10/h5,8,10-11,13H,3-4,6-7H2,1-2H3,(H2,18,19,21)/t10-,11-,13+/m1/s1. The van der Waals surface area contributed by atoms with Gasteiger partial charge in [-0.3, -0.25) is 0 Å². The third-order valence-electron chi connectivity index (χ3n) is 4.78. The topological polar surface area (TPSA) is 33.3 Å². The summed E-state index contributed by atoms with van der Waals surface area (Å²) >= 11 is 11.6. The molecule has 5 heteroatoms. The quantitative estimate of drug-likeness (QED) is 0.819. The van der Waals surface area contributed by atoms with Gasteiger partial charge in [-0.25, -0.2) is 0 Å². The van der Waals surface area contributed by atoms with Crippen LogP contribution < -0.4 is 15.4 Å². The van der Waals surface area contributed by atoms with Crippen LogP contribution >= 0.6 is 23.8 Å². The van der Waals surface area contributed by atoms with E-state index >= 15 is 0 Å². The summed E-state index contributed by atoms with van der Waals surface area (Å²) in [7, 11) is 1.64. The van der Waals surface area contributed by atoms with Gasteiger partial charge in [-0.1, -0.05) is 18.0 Å². The highest BCUT2D eigenvalue weighted by atomic mass is 35.5. The summed E-state index contributed by atoms with van der Waals surface area (Å²) in [5.41, 5.74) is 1.86. The van der Waals surface area contributed by atoms with Crippen LogP contribution in [0, 0.1) is 18.8 Å². The monoisotopic (exact) mass is 324 g/mol. The summed E-state index contributed by atoms with van der Waals surface area (Å²) in [5.74, 6) is 2.41. The smallest absolute Gasteiger partial charge is 0.171 e. The largest absolute Gasteiger partial charge is 0.495 e. The van der Waals surface area contributed by atoms with E-state index < -0.39 is 0 Å². The van der Waals surface area contributed by atoms with Crippen molar-refractivity contribution in [3.8, 4) is 5.75 Å². The zero-order valence-corrected chi connectivity index (χ0v) is 14.0. The Bertz CT molecular complexity index is 563. The number of ether oxygens (including phenoxy) is 1. The van der Waals surface area contributed by atoms with Crippen molar-refractivity contribution in [2.75, 3.05) is 12.4 Å². The molecular formula is C16H21ClN2OS. The Balaban J connectivity index is 1.66. The number of benzene rings is 1. The number of aryl methyl sites for hydroxylation is 1. The number of hydrogen-bond acceptors (Lipinski definition) is 2. The van der Waals surface area contributed by atoms with Gasteiger partial charge in [0.2, 0.25) is 0 Å². The predicted molar refractivity (Wildman–Crippen MR) is 91.3 cm³/mol. The van der Waals surface area contributed by atoms with Crippen LogP contribution in [0.4, 0.5) is 5.69 Å². The highest BCUT2D eigenvalue weighted by molar-refractivity contribution is 7.80. The summed E-state index contributed by atoms with van der Waals surface area (Å²) in [4.78, 5) is 0. The lowest BCUT2D eigenvalue weighted by Gasteiger charge is -2.25. The van der Waals surface area contributed by atoms with Gasteiger partial charge in [-0.2, -0.15) is 0 Å². The summed E-state index contributed by atoms with van der Waals surface area (Å²) in [5, 5.41) is 8.10. The lowest BCUT2D eigenvalue weighted by Crippen LogP contribution is -2.40. The molecule has 0 aliphatic heterocycles. The highest BCUT2D eigenvalue weighted by Gasteiger charge is 2.39. The van der Waals surface area contributed by atoms with Gasteiger partial charge in [-0.05, 0) is 61.9 Å². The van der Waals surface area contributed by atoms with Gasteiger partial charge in [0.25, 0.3) is 0 Å². The van der Waals surface area contributed by atoms with E-state index in [1.54, 1.807) is 7.11 Å². The Morgan fingerprint density at radius 3 is 2.76 bits per heavy atom. The van der Waals surface area contributed by atoms with E-state index in [4.69, 9.17) is 28.6 Å². The van der Waals surface area contributed by atoms with Gasteiger partial charge in [0.15, 0.2) is 5.11 Å². The van der Waals surface area contributed by atoms with Crippen LogP contribution in [0.25, 0.3) is 0 Å². The summed E-state index contributed by atoms with van der Waals surface area (Å²) in [6.45, 7) is 1.97. The van der Waals surface area contributed by atoms with E-state index in [0.717, 1.165) is 23.1 Å². The van der Waals surface area contributed by atoms with Crippen LogP contribution in [0.5, 0.6) is 5.75 Å². The summed E-state index contributed by atoms with van der Waals surface area (Å²) in [6, 6.07) is 4.32. The van der Waals surface area contributed by atoms with Crippen molar-refractivity contribution in [1.82, 2.24) is 5.32 Å². The Labute approximate surface area is 136 Å². The minimum atomic E-state index is 0.531. The average Bonchev–Trinajstić information content (AvgIpc) is 3.05. The van der Waals surface area contributed by atoms with Crippen molar-refractivity contribution in [2.24, 2.45) is 11.8 Å². The number of rotatable bonds is 3. The zero-order valence-electron chi connectivity index (χ0n) is 12.4. The molecule has 0 amide bonds. The van der Waals surface area contributed by atoms with Crippen LogP contribution in [0.2, 0.25) is 5.02 Å². The number of thiocarbonyl (C=S) groups is 1. The van der Waals surface area contributed by atoms with Gasteiger partial charge in [-0.15, -0.1) is 0 Å². The third-order valence-corrected chi connectivity index (χ3v) is 5.41. The van der Waals surface area contributed by atoms with Crippen molar-refractivity contribution >= 4 is 34.6 Å². The number of methoxy groups -OCH3 is 1. The molecule has 3 nitrogen and oxygen atoms in total. The second kappa shape index (κ2) is 6.01. The second-order valence-corrected chi connectivity index (χ2v) is 7.00. The Morgan fingerprint density at radius 1 is 1.33 bits per heavy atom. The first-order valence-corrected chi connectivity index (χ1v) is 8.27. The van der Waals surface area contributed by atoms with E-state index in [0.29, 0.717) is 21.9 Å². The van der Waals surface area contributed by atoms with Crippen LogP contribution in [0.3, 0.4) is 0 Å². The molecule has 0 spiro atoms. The minimum Gasteiger partial charge on any atom is -0.495 e. The van der Waals surface area contributed by atoms with Crippen molar-refractivity contribution in [3.63, 3.8) is 0 Å². The molecule has 2 N–H and O–H groups in total. The van der Waals surface area contributed by atoms with Crippen LogP contribution in [0.15, 0.2) is 12.1 Å². The molecule has 0 radical (unpaired) electrons. The molecule has 114 valence electrons. The predicted octanol–water partition coefficient (Wildman–Crippen LogP) is 4.13. The molecule has 0 aromatic heterocycles. The first-order chi connectivity index (χ1) is 10.1. The molecule has 2 bridgehead atoms. The minimum absolute atomic E-state index is 0.531. The molecule has 2 aliphatic rings. The fourth-order valence-corrected chi connectivity index (χ4v) is 4.09. The molecule has 0 heterocycles. The van der Waals surface area contributed by atoms with Crippen molar-refractivity contribution < 1.29 is 4.74 Å². The van der Waals surface area contributed by atoms with Gasteiger partial charge >= 0.3 is 0 Å². The van der Waals surface area contributed by atoms with E-state index in [1.807, 2.05) is 19.1 Å². The zero-order chi connectivity index (χ0) is 15.0. The summed E-state index contributed by atoms with van der Waals surface area (Å²) in [6.07, 6.45) is 5.36. The molecule has 3 rings (SSSR count). The lowest BCUT2D eigenvalue weighted by molar-refractivity contribution is 0.391. The van der Waals surface area contributed by atoms with Crippen molar-refractivity contribution in [1.29, 1.82) is 0 Å². The second-order valence-electron chi connectivity index (χ2n) is 6.18. The van der Waals surface area contributed by atoms with Gasteiger partial charge < -0.3 is 15.4 Å². The van der Waals surface area contributed by atoms with Crippen LogP contribution in [-0.2, 0) is 0 Å². The number of anilines is 1. The van der Waals surface area contributed by atoms with Gasteiger partial charge in [0, 0.05) is 17.1 Å². The fourth-order valence-electron chi connectivity index (χ4n) is 3.68. The molecular weight excluding hydrogens is 304 g/mol. The average molecular weight is 325 g/mol. The van der Waals surface area contributed by atoms with Crippen molar-refractivity contribution in [3.05, 3.63) is 22.7 Å². The maximum absolute atomic E-state index is 6.13. The molecule has 2 aliphatic carbocycles. The Morgan fingerprint density at radius 2 is 2.14 bits per heavy atom. The maximum atomic E-state index is 6.13. The molecule has 0 saturated heterocycles. The lowest BCUT2D eigenvalue weighted by atomic mass is 9.95. The van der Waals surface area contributed by atoms with Gasteiger partial charge in [0.05, 0.1) is 12.8 Å². The van der Waals surface area contributed by atoms with Crippen LogP contribution in [0.1, 0.15) is 31.2 Å². The number of nitrogens with one attached hydrogen (secondary N) is 2. The number of hydrogen-bond donors (Lipinski definition) is 2. The first kappa shape index (κ1) is 14.9. The van der Waals surface area contributed by atoms with Crippen LogP contribution in [-0.4, -0.2) is 18.3 Å². The van der Waals surface area contributed by atoms with Gasteiger partial charge in [0.1, 0.15) is 5.75 Å². The molecule has 1 aromatic carbocycles. The Kier molecular flexibility index (Phi) is 4.27. The van der Waals surface area contributed by atoms with Crippen molar-refractivity contribution in [2.45, 2.75) is 38.6 Å². The molecule has 3 atom stereocenters. The maximum Gasteiger partial charge on any atom is 0.171 e. The molecule has 2 fully saturated rings. The number of fused-ring (bicyclic) bond motifs is 2. The molecule has 1 aromatic rings. The molecule has 21 heavy (non-hydrogen) atoms. The van der Waals surface area contributed by atoms with E-state index in [1.165, 1.54) is 25.7 Å². The highest BCUT2D eigenvalue weighted by Crippen LogP contribution is 2.44. The fraction of sp³-hybridized carbons (Fsp3) is 0.562. The molecule has 2 saturated carbocycles. The molecule has 0 unspecified atom stereocenters. The Hall–Kier alpha value is -1.00.